The van der Waals surface area contributed by atoms with Crippen LogP contribution in [-0.4, -0.2) is 16.9 Å². The molecule has 0 spiro atoms. The van der Waals surface area contributed by atoms with Crippen LogP contribution in [0.4, 0.5) is 5.69 Å². The molecule has 164 valence electrons. The van der Waals surface area contributed by atoms with Gasteiger partial charge >= 0.3 is 5.97 Å². The minimum Gasteiger partial charge on any atom is -0.444 e. The number of hydrogen-bond acceptors (Lipinski definition) is 4. The summed E-state index contributed by atoms with van der Waals surface area (Å²) in [7, 11) is 0. The Morgan fingerprint density at radius 3 is 2.55 bits per heavy atom. The van der Waals surface area contributed by atoms with Gasteiger partial charge in [-0.05, 0) is 43.2 Å². The molecule has 4 aromatic rings. The number of benzene rings is 3. The zero-order valence-electron chi connectivity index (χ0n) is 18.5. The number of fused-ring (bicyclic) bond motifs is 1. The van der Waals surface area contributed by atoms with Crippen LogP contribution in [0.1, 0.15) is 28.4 Å². The molecule has 1 aromatic heterocycles. The normalized spacial score (nSPS) is 11.9. The number of hydrogen-bond donors (Lipinski definition) is 1. The third kappa shape index (κ3) is 5.33. The Kier molecular flexibility index (Phi) is 6.60. The molecule has 0 radical (unpaired) electrons. The summed E-state index contributed by atoms with van der Waals surface area (Å²) >= 11 is 0. The van der Waals surface area contributed by atoms with E-state index < -0.39 is 18.0 Å². The summed E-state index contributed by atoms with van der Waals surface area (Å²) in [5.74, 6) is -1.03. The fourth-order valence-corrected chi connectivity index (χ4v) is 3.55. The van der Waals surface area contributed by atoms with Gasteiger partial charge in [-0.1, -0.05) is 66.7 Å². The van der Waals surface area contributed by atoms with E-state index in [-0.39, 0.29) is 0 Å². The molecule has 0 aliphatic heterocycles. The maximum absolute atomic E-state index is 13.1. The Hall–Kier alpha value is -4.25. The lowest BCUT2D eigenvalue weighted by Gasteiger charge is -2.18. The van der Waals surface area contributed by atoms with E-state index in [4.69, 9.17) is 4.74 Å². The van der Waals surface area contributed by atoms with Crippen molar-refractivity contribution < 1.29 is 14.3 Å². The van der Waals surface area contributed by atoms with E-state index >= 15 is 0 Å². The summed E-state index contributed by atoms with van der Waals surface area (Å²) < 4.78 is 5.62. The SMILES string of the molecule is Cc1ccc(C)c(NC(=O)C(OC(=O)/C=C/c2cccc3cccnc23)c2ccccc2)c1. The second-order valence-corrected chi connectivity index (χ2v) is 7.79. The van der Waals surface area contributed by atoms with Gasteiger partial charge in [0.2, 0.25) is 6.10 Å². The smallest absolute Gasteiger partial charge is 0.331 e. The summed E-state index contributed by atoms with van der Waals surface area (Å²) in [6.07, 6.45) is 3.60. The summed E-state index contributed by atoms with van der Waals surface area (Å²) in [5.41, 5.74) is 4.81. The highest BCUT2D eigenvalue weighted by Gasteiger charge is 2.25. The molecule has 0 saturated heterocycles. The first kappa shape index (κ1) is 22.0. The summed E-state index contributed by atoms with van der Waals surface area (Å²) in [5, 5.41) is 3.88. The molecule has 5 nitrogen and oxygen atoms in total. The quantitative estimate of drug-likeness (QED) is 0.307. The van der Waals surface area contributed by atoms with E-state index in [0.29, 0.717) is 11.3 Å². The van der Waals surface area contributed by atoms with Crippen LogP contribution in [0.3, 0.4) is 0 Å². The molecule has 0 aliphatic carbocycles. The standard InChI is InChI=1S/C28H24N2O3/c1-19-13-14-20(2)24(18-19)30-28(32)27(23-8-4-3-5-9-23)33-25(31)16-15-22-11-6-10-21-12-7-17-29-26(21)22/h3-18,27H,1-2H3,(H,30,32)/b16-15+. The molecule has 1 amide bonds. The number of amides is 1. The van der Waals surface area contributed by atoms with Gasteiger partial charge in [0, 0.05) is 34.5 Å². The molecule has 0 fully saturated rings. The molecule has 0 aliphatic rings. The van der Waals surface area contributed by atoms with Crippen LogP contribution in [0, 0.1) is 13.8 Å². The molecule has 1 unspecified atom stereocenters. The predicted molar refractivity (Wildman–Crippen MR) is 131 cm³/mol. The molecular formula is C28H24N2O3. The number of carbonyl (C=O) groups is 2. The lowest BCUT2D eigenvalue weighted by molar-refractivity contribution is -0.149. The molecule has 1 N–H and O–H groups in total. The number of nitrogens with zero attached hydrogens (tertiary/aromatic N) is 1. The molecule has 1 atom stereocenters. The van der Waals surface area contributed by atoms with Crippen molar-refractivity contribution in [3.05, 3.63) is 113 Å². The number of carbonyl (C=O) groups excluding carboxylic acids is 2. The van der Waals surface area contributed by atoms with Gasteiger partial charge in [-0.25, -0.2) is 4.79 Å². The first-order valence-electron chi connectivity index (χ1n) is 10.7. The number of rotatable bonds is 6. The second kappa shape index (κ2) is 9.92. The molecule has 1 heterocycles. The Balaban J connectivity index is 1.56. The van der Waals surface area contributed by atoms with Crippen molar-refractivity contribution in [2.45, 2.75) is 20.0 Å². The van der Waals surface area contributed by atoms with Gasteiger partial charge in [0.15, 0.2) is 0 Å². The number of para-hydroxylation sites is 1. The van der Waals surface area contributed by atoms with Crippen molar-refractivity contribution in [2.75, 3.05) is 5.32 Å². The van der Waals surface area contributed by atoms with Gasteiger partial charge in [0.05, 0.1) is 5.52 Å². The number of esters is 1. The molecule has 0 bridgehead atoms. The average molecular weight is 437 g/mol. The first-order chi connectivity index (χ1) is 16.0. The Morgan fingerprint density at radius 1 is 0.939 bits per heavy atom. The first-order valence-corrected chi connectivity index (χ1v) is 10.7. The third-order valence-electron chi connectivity index (χ3n) is 5.29. The molecule has 4 rings (SSSR count). The van der Waals surface area contributed by atoms with Crippen LogP contribution < -0.4 is 5.32 Å². The Bertz CT molecular complexity index is 1320. The highest BCUT2D eigenvalue weighted by Crippen LogP contribution is 2.23. The maximum Gasteiger partial charge on any atom is 0.331 e. The fraction of sp³-hybridized carbons (Fsp3) is 0.107. The number of pyridine rings is 1. The molecule has 0 saturated carbocycles. The second-order valence-electron chi connectivity index (χ2n) is 7.79. The van der Waals surface area contributed by atoms with Gasteiger partial charge in [0.1, 0.15) is 0 Å². The third-order valence-corrected chi connectivity index (χ3v) is 5.29. The highest BCUT2D eigenvalue weighted by atomic mass is 16.5. The lowest BCUT2D eigenvalue weighted by Crippen LogP contribution is -2.25. The van der Waals surface area contributed by atoms with E-state index in [0.717, 1.165) is 27.6 Å². The van der Waals surface area contributed by atoms with Crippen molar-refractivity contribution in [3.8, 4) is 0 Å². The van der Waals surface area contributed by atoms with Crippen LogP contribution in [-0.2, 0) is 14.3 Å². The fourth-order valence-electron chi connectivity index (χ4n) is 3.55. The van der Waals surface area contributed by atoms with Crippen LogP contribution in [0.25, 0.3) is 17.0 Å². The maximum atomic E-state index is 13.1. The van der Waals surface area contributed by atoms with E-state index in [1.54, 1.807) is 36.5 Å². The molecule has 33 heavy (non-hydrogen) atoms. The zero-order chi connectivity index (χ0) is 23.2. The number of anilines is 1. The Labute approximate surface area is 192 Å². The van der Waals surface area contributed by atoms with Gasteiger partial charge < -0.3 is 10.1 Å². The van der Waals surface area contributed by atoms with Crippen molar-refractivity contribution in [3.63, 3.8) is 0 Å². The minimum absolute atomic E-state index is 0.413. The van der Waals surface area contributed by atoms with E-state index in [1.807, 2.05) is 68.4 Å². The van der Waals surface area contributed by atoms with Gasteiger partial charge in [-0.2, -0.15) is 0 Å². The lowest BCUT2D eigenvalue weighted by atomic mass is 10.1. The van der Waals surface area contributed by atoms with Crippen molar-refractivity contribution in [1.29, 1.82) is 0 Å². The van der Waals surface area contributed by atoms with Crippen LogP contribution in [0.2, 0.25) is 0 Å². The predicted octanol–water partition coefficient (Wildman–Crippen LogP) is 5.79. The van der Waals surface area contributed by atoms with Crippen LogP contribution in [0.15, 0.2) is 91.1 Å². The molecular weight excluding hydrogens is 412 g/mol. The summed E-state index contributed by atoms with van der Waals surface area (Å²) in [6.45, 7) is 3.87. The van der Waals surface area contributed by atoms with Crippen LogP contribution >= 0.6 is 0 Å². The van der Waals surface area contributed by atoms with Crippen LogP contribution in [0.5, 0.6) is 0 Å². The van der Waals surface area contributed by atoms with Gasteiger partial charge in [-0.15, -0.1) is 0 Å². The Morgan fingerprint density at radius 2 is 1.73 bits per heavy atom. The molecule has 5 heteroatoms. The van der Waals surface area contributed by atoms with E-state index in [9.17, 15) is 9.59 Å². The largest absolute Gasteiger partial charge is 0.444 e. The number of aromatic nitrogens is 1. The van der Waals surface area contributed by atoms with Crippen molar-refractivity contribution in [2.24, 2.45) is 0 Å². The number of aryl methyl sites for hydroxylation is 2. The number of ether oxygens (including phenoxy) is 1. The highest BCUT2D eigenvalue weighted by molar-refractivity contribution is 5.98. The minimum atomic E-state index is -1.09. The van der Waals surface area contributed by atoms with Crippen molar-refractivity contribution >= 4 is 34.5 Å². The van der Waals surface area contributed by atoms with Crippen molar-refractivity contribution in [1.82, 2.24) is 4.98 Å². The monoisotopic (exact) mass is 436 g/mol. The summed E-state index contributed by atoms with van der Waals surface area (Å²) in [6, 6.07) is 24.4. The molecule has 3 aromatic carbocycles. The van der Waals surface area contributed by atoms with E-state index in [1.165, 1.54) is 6.08 Å². The van der Waals surface area contributed by atoms with Gasteiger partial charge in [0.25, 0.3) is 5.91 Å². The number of nitrogens with one attached hydrogen (secondary N) is 1. The van der Waals surface area contributed by atoms with E-state index in [2.05, 4.69) is 10.3 Å². The zero-order valence-corrected chi connectivity index (χ0v) is 18.5. The summed E-state index contributed by atoms with van der Waals surface area (Å²) in [4.78, 5) is 30.2. The van der Waals surface area contributed by atoms with Gasteiger partial charge in [-0.3, -0.25) is 9.78 Å². The topological polar surface area (TPSA) is 68.3 Å². The average Bonchev–Trinajstić information content (AvgIpc) is 2.84.